The average Bonchev–Trinajstić information content (AvgIpc) is 3.36. The zero-order valence-corrected chi connectivity index (χ0v) is 16.3. The molecule has 0 amide bonds. The molecule has 0 aliphatic rings. The van der Waals surface area contributed by atoms with Gasteiger partial charge in [-0.3, -0.25) is 0 Å². The highest BCUT2D eigenvalue weighted by atomic mass is 15.2. The molecular weight excluding hydrogens is 358 g/mol. The van der Waals surface area contributed by atoms with Crippen LogP contribution in [0.25, 0.3) is 28.2 Å². The molecule has 0 atom stereocenters. The molecule has 0 unspecified atom stereocenters. The van der Waals surface area contributed by atoms with Crippen LogP contribution in [0.1, 0.15) is 23.6 Å². The van der Waals surface area contributed by atoms with Gasteiger partial charge in [0.25, 0.3) is 0 Å². The number of hydrogen-bond donors (Lipinski definition) is 2. The van der Waals surface area contributed by atoms with Gasteiger partial charge in [0.05, 0.1) is 6.20 Å². The first-order chi connectivity index (χ1) is 14.2. The molecule has 0 spiro atoms. The predicted octanol–water partition coefficient (Wildman–Crippen LogP) is 5.82. The molecule has 5 aromatic rings. The number of aromatic amines is 1. The number of rotatable bonds is 4. The summed E-state index contributed by atoms with van der Waals surface area (Å²) in [6.45, 7) is 4.22. The Morgan fingerprint density at radius 2 is 2.00 bits per heavy atom. The number of H-pyrrole nitrogens is 1. The molecule has 0 radical (unpaired) electrons. The van der Waals surface area contributed by atoms with Crippen molar-refractivity contribution in [3.63, 3.8) is 0 Å². The van der Waals surface area contributed by atoms with Crippen molar-refractivity contribution in [3.05, 3.63) is 89.9 Å². The van der Waals surface area contributed by atoms with E-state index in [9.17, 15) is 0 Å². The molecule has 142 valence electrons. The van der Waals surface area contributed by atoms with E-state index in [2.05, 4.69) is 77.8 Å². The van der Waals surface area contributed by atoms with E-state index in [1.165, 1.54) is 11.1 Å². The summed E-state index contributed by atoms with van der Waals surface area (Å²) in [5.41, 5.74) is 7.57. The molecule has 3 heterocycles. The maximum absolute atomic E-state index is 4.82. The maximum Gasteiger partial charge on any atom is 0.164 e. The summed E-state index contributed by atoms with van der Waals surface area (Å²) in [6, 6.07) is 18.6. The Bertz CT molecular complexity index is 1360. The number of nitrogens with one attached hydrogen (secondary N) is 2. The topological polar surface area (TPSA) is 58.0 Å². The van der Waals surface area contributed by atoms with Crippen LogP contribution in [0.2, 0.25) is 0 Å². The Morgan fingerprint density at radius 1 is 1.10 bits per heavy atom. The van der Waals surface area contributed by atoms with Crippen LogP contribution in [0, 0.1) is 6.92 Å². The molecule has 0 aliphatic carbocycles. The minimum absolute atomic E-state index is 0.790. The van der Waals surface area contributed by atoms with E-state index in [4.69, 9.17) is 4.98 Å². The standard InChI is InChI=1S/C24H21N5/c1-16-5-3-4-6-18(16)13-17(2)21-15-26-29-12-10-23(28-24(21)29)27-20-7-8-22-19(14-20)9-11-25-22/h3-15,25H,1-2H3,(H,27,28)/b17-13+. The molecule has 0 saturated heterocycles. The second-order valence-electron chi connectivity index (χ2n) is 7.23. The van der Waals surface area contributed by atoms with Crippen LogP contribution in [0.3, 0.4) is 0 Å². The molecule has 5 rings (SSSR count). The van der Waals surface area contributed by atoms with Gasteiger partial charge >= 0.3 is 0 Å². The van der Waals surface area contributed by atoms with E-state index >= 15 is 0 Å². The number of nitrogens with zero attached hydrogens (tertiary/aromatic N) is 3. The quantitative estimate of drug-likeness (QED) is 0.413. The lowest BCUT2D eigenvalue weighted by Gasteiger charge is -2.07. The van der Waals surface area contributed by atoms with Crippen LogP contribution in [-0.4, -0.2) is 19.6 Å². The van der Waals surface area contributed by atoms with E-state index in [1.54, 1.807) is 0 Å². The molecule has 0 aliphatic heterocycles. The summed E-state index contributed by atoms with van der Waals surface area (Å²) in [5.74, 6) is 0.790. The third-order valence-electron chi connectivity index (χ3n) is 5.18. The van der Waals surface area contributed by atoms with Gasteiger partial charge in [0.1, 0.15) is 5.82 Å². The monoisotopic (exact) mass is 379 g/mol. The molecule has 5 nitrogen and oxygen atoms in total. The molecule has 29 heavy (non-hydrogen) atoms. The Hall–Kier alpha value is -3.86. The van der Waals surface area contributed by atoms with Crippen LogP contribution in [0.5, 0.6) is 0 Å². The first kappa shape index (κ1) is 17.3. The molecular formula is C24H21N5. The first-order valence-electron chi connectivity index (χ1n) is 9.60. The molecule has 0 bridgehead atoms. The summed E-state index contributed by atoms with van der Waals surface area (Å²) < 4.78 is 1.81. The molecule has 2 aromatic carbocycles. The fourth-order valence-corrected chi connectivity index (χ4v) is 3.56. The number of hydrogen-bond acceptors (Lipinski definition) is 3. The van der Waals surface area contributed by atoms with Gasteiger partial charge in [0, 0.05) is 34.5 Å². The number of anilines is 2. The van der Waals surface area contributed by atoms with Gasteiger partial charge in [-0.1, -0.05) is 30.3 Å². The number of aromatic nitrogens is 4. The molecule has 0 saturated carbocycles. The predicted molar refractivity (Wildman–Crippen MR) is 119 cm³/mol. The lowest BCUT2D eigenvalue weighted by molar-refractivity contribution is 0.941. The van der Waals surface area contributed by atoms with Crippen LogP contribution in [0.4, 0.5) is 11.5 Å². The molecule has 5 heteroatoms. The lowest BCUT2D eigenvalue weighted by Crippen LogP contribution is -1.97. The third kappa shape index (κ3) is 3.27. The maximum atomic E-state index is 4.82. The fourth-order valence-electron chi connectivity index (χ4n) is 3.56. The zero-order chi connectivity index (χ0) is 19.8. The van der Waals surface area contributed by atoms with Crippen LogP contribution >= 0.6 is 0 Å². The van der Waals surface area contributed by atoms with Gasteiger partial charge in [-0.15, -0.1) is 0 Å². The van der Waals surface area contributed by atoms with Crippen molar-refractivity contribution in [1.82, 2.24) is 19.6 Å². The van der Waals surface area contributed by atoms with Crippen molar-refractivity contribution >= 4 is 39.7 Å². The van der Waals surface area contributed by atoms with E-state index < -0.39 is 0 Å². The van der Waals surface area contributed by atoms with E-state index in [0.717, 1.165) is 39.2 Å². The zero-order valence-electron chi connectivity index (χ0n) is 16.3. The van der Waals surface area contributed by atoms with E-state index in [0.29, 0.717) is 0 Å². The largest absolute Gasteiger partial charge is 0.361 e. The van der Waals surface area contributed by atoms with E-state index in [-0.39, 0.29) is 0 Å². The number of aryl methyl sites for hydroxylation is 1. The smallest absolute Gasteiger partial charge is 0.164 e. The Kier molecular flexibility index (Phi) is 4.13. The van der Waals surface area contributed by atoms with Gasteiger partial charge in [-0.25, -0.2) is 9.50 Å². The minimum Gasteiger partial charge on any atom is -0.361 e. The van der Waals surface area contributed by atoms with Crippen molar-refractivity contribution < 1.29 is 0 Å². The third-order valence-corrected chi connectivity index (χ3v) is 5.18. The highest BCUT2D eigenvalue weighted by Gasteiger charge is 2.09. The second kappa shape index (κ2) is 6.95. The normalized spacial score (nSPS) is 12.0. The van der Waals surface area contributed by atoms with Crippen molar-refractivity contribution in [3.8, 4) is 0 Å². The molecule has 3 aromatic heterocycles. The van der Waals surface area contributed by atoms with Gasteiger partial charge in [-0.05, 0) is 60.9 Å². The number of benzene rings is 2. The van der Waals surface area contributed by atoms with E-state index in [1.807, 2.05) is 35.2 Å². The Morgan fingerprint density at radius 3 is 2.90 bits per heavy atom. The average molecular weight is 379 g/mol. The van der Waals surface area contributed by atoms with Crippen molar-refractivity contribution in [2.24, 2.45) is 0 Å². The van der Waals surface area contributed by atoms with Crippen molar-refractivity contribution in [2.75, 3.05) is 5.32 Å². The highest BCUT2D eigenvalue weighted by Crippen LogP contribution is 2.25. The van der Waals surface area contributed by atoms with Crippen LogP contribution in [-0.2, 0) is 0 Å². The summed E-state index contributed by atoms with van der Waals surface area (Å²) in [5, 5.41) is 9.04. The summed E-state index contributed by atoms with van der Waals surface area (Å²) in [4.78, 5) is 8.04. The summed E-state index contributed by atoms with van der Waals surface area (Å²) in [6.07, 6.45) is 7.95. The molecule has 0 fully saturated rings. The van der Waals surface area contributed by atoms with Gasteiger partial charge in [0.2, 0.25) is 0 Å². The Balaban J connectivity index is 1.50. The Labute approximate surface area is 168 Å². The number of allylic oxidation sites excluding steroid dienone is 1. The highest BCUT2D eigenvalue weighted by molar-refractivity contribution is 5.87. The fraction of sp³-hybridized carbons (Fsp3) is 0.0833. The van der Waals surface area contributed by atoms with Gasteiger partial charge in [-0.2, -0.15) is 5.10 Å². The molecule has 2 N–H and O–H groups in total. The van der Waals surface area contributed by atoms with Gasteiger partial charge < -0.3 is 10.3 Å². The van der Waals surface area contributed by atoms with Crippen LogP contribution in [0.15, 0.2) is 73.2 Å². The minimum atomic E-state index is 0.790. The first-order valence-corrected chi connectivity index (χ1v) is 9.60. The van der Waals surface area contributed by atoms with Gasteiger partial charge in [0.15, 0.2) is 5.65 Å². The van der Waals surface area contributed by atoms with Crippen LogP contribution < -0.4 is 5.32 Å². The SMILES string of the molecule is C/C(=C\c1ccccc1C)c1cnn2ccc(Nc3ccc4[nH]ccc4c3)nc12. The number of fused-ring (bicyclic) bond motifs is 2. The lowest BCUT2D eigenvalue weighted by atomic mass is 10.0. The summed E-state index contributed by atoms with van der Waals surface area (Å²) in [7, 11) is 0. The van der Waals surface area contributed by atoms with Crippen molar-refractivity contribution in [1.29, 1.82) is 0 Å². The van der Waals surface area contributed by atoms with Crippen molar-refractivity contribution in [2.45, 2.75) is 13.8 Å². The second-order valence-corrected chi connectivity index (χ2v) is 7.23. The summed E-state index contributed by atoms with van der Waals surface area (Å²) >= 11 is 0.